The van der Waals surface area contributed by atoms with Gasteiger partial charge < -0.3 is 10.2 Å². The molecule has 5 heteroatoms. The van der Waals surface area contributed by atoms with E-state index in [-0.39, 0.29) is 11.3 Å². The van der Waals surface area contributed by atoms with Crippen molar-refractivity contribution in [2.24, 2.45) is 0 Å². The third kappa shape index (κ3) is 3.11. The second-order valence-electron chi connectivity index (χ2n) is 2.70. The van der Waals surface area contributed by atoms with Crippen LogP contribution in [-0.4, -0.2) is 22.0 Å². The van der Waals surface area contributed by atoms with Crippen molar-refractivity contribution < 1.29 is 19.8 Å². The second kappa shape index (κ2) is 4.61. The summed E-state index contributed by atoms with van der Waals surface area (Å²) in [7, 11) is 0. The van der Waals surface area contributed by atoms with Gasteiger partial charge in [0.05, 0.1) is 5.56 Å². The number of rotatable bonds is 3. The van der Waals surface area contributed by atoms with Crippen LogP contribution in [0.3, 0.4) is 0 Å². The van der Waals surface area contributed by atoms with Crippen molar-refractivity contribution in [2.45, 2.75) is 0 Å². The Morgan fingerprint density at radius 2 is 1.93 bits per heavy atom. The lowest BCUT2D eigenvalue weighted by molar-refractivity contribution is -0.131. The molecular weight excluding hydrogens is 220 g/mol. The lowest BCUT2D eigenvalue weighted by Gasteiger charge is -2.00. The van der Waals surface area contributed by atoms with Gasteiger partial charge >= 0.3 is 5.97 Å². The van der Waals surface area contributed by atoms with E-state index in [4.69, 9.17) is 16.7 Å². The van der Waals surface area contributed by atoms with Crippen molar-refractivity contribution in [1.82, 2.24) is 0 Å². The number of benzene rings is 1. The van der Waals surface area contributed by atoms with Gasteiger partial charge in [-0.1, -0.05) is 11.6 Å². The number of allylic oxidation sites excluding steroid dienone is 1. The first kappa shape index (κ1) is 11.3. The molecule has 1 aromatic rings. The van der Waals surface area contributed by atoms with Gasteiger partial charge in [-0.05, 0) is 24.3 Å². The predicted octanol–water partition coefficient (Wildman–Crippen LogP) is 1.87. The van der Waals surface area contributed by atoms with Crippen molar-refractivity contribution in [3.05, 3.63) is 40.9 Å². The fraction of sp³-hybridized carbons (Fsp3) is 0. The highest BCUT2D eigenvalue weighted by molar-refractivity contribution is 6.31. The summed E-state index contributed by atoms with van der Waals surface area (Å²) < 4.78 is 0. The van der Waals surface area contributed by atoms with Crippen molar-refractivity contribution in [3.8, 4) is 5.75 Å². The van der Waals surface area contributed by atoms with Crippen LogP contribution < -0.4 is 0 Å². The molecule has 0 heterocycles. The maximum absolute atomic E-state index is 11.4. The molecule has 0 saturated carbocycles. The number of carbonyl (C=O) groups excluding carboxylic acids is 1. The molecule has 4 nitrogen and oxygen atoms in total. The van der Waals surface area contributed by atoms with Crippen LogP contribution in [0, 0.1) is 0 Å². The van der Waals surface area contributed by atoms with E-state index in [1.165, 1.54) is 18.2 Å². The number of halogens is 1. The molecule has 0 saturated heterocycles. The van der Waals surface area contributed by atoms with Crippen LogP contribution in [0.1, 0.15) is 10.4 Å². The molecule has 0 aliphatic rings. The highest BCUT2D eigenvalue weighted by Crippen LogP contribution is 2.22. The zero-order chi connectivity index (χ0) is 11.4. The van der Waals surface area contributed by atoms with E-state index in [2.05, 4.69) is 0 Å². The quantitative estimate of drug-likeness (QED) is 0.610. The Morgan fingerprint density at radius 3 is 2.53 bits per heavy atom. The van der Waals surface area contributed by atoms with Crippen LogP contribution in [-0.2, 0) is 4.79 Å². The molecule has 0 radical (unpaired) electrons. The number of hydrogen-bond acceptors (Lipinski definition) is 3. The van der Waals surface area contributed by atoms with Crippen molar-refractivity contribution in [1.29, 1.82) is 0 Å². The Kier molecular flexibility index (Phi) is 3.46. The predicted molar refractivity (Wildman–Crippen MR) is 54.2 cm³/mol. The number of ketones is 1. The van der Waals surface area contributed by atoms with Crippen LogP contribution >= 0.6 is 11.6 Å². The number of carboxylic acid groups (broad SMARTS) is 1. The maximum Gasteiger partial charge on any atom is 0.328 e. The molecule has 0 fully saturated rings. The van der Waals surface area contributed by atoms with Crippen molar-refractivity contribution in [3.63, 3.8) is 0 Å². The fourth-order valence-electron chi connectivity index (χ4n) is 0.942. The number of aromatic hydroxyl groups is 1. The average molecular weight is 227 g/mol. The minimum atomic E-state index is -1.23. The van der Waals surface area contributed by atoms with Crippen LogP contribution in [0.2, 0.25) is 5.02 Å². The van der Waals surface area contributed by atoms with E-state index in [0.29, 0.717) is 11.1 Å². The topological polar surface area (TPSA) is 74.6 Å². The first-order valence-corrected chi connectivity index (χ1v) is 4.32. The van der Waals surface area contributed by atoms with Gasteiger partial charge in [-0.3, -0.25) is 4.79 Å². The van der Waals surface area contributed by atoms with Crippen LogP contribution in [0.15, 0.2) is 30.4 Å². The molecule has 0 bridgehead atoms. The van der Waals surface area contributed by atoms with E-state index < -0.39 is 11.8 Å². The van der Waals surface area contributed by atoms with Gasteiger partial charge in [0.15, 0.2) is 5.78 Å². The molecule has 78 valence electrons. The third-order valence-corrected chi connectivity index (χ3v) is 1.84. The van der Waals surface area contributed by atoms with Crippen molar-refractivity contribution in [2.75, 3.05) is 0 Å². The molecule has 0 atom stereocenters. The summed E-state index contributed by atoms with van der Waals surface area (Å²) in [5, 5.41) is 17.9. The molecule has 0 aliphatic heterocycles. The summed E-state index contributed by atoms with van der Waals surface area (Å²) >= 11 is 5.62. The zero-order valence-electron chi connectivity index (χ0n) is 7.48. The molecule has 2 N–H and O–H groups in total. The molecule has 1 rings (SSSR count). The first-order valence-electron chi connectivity index (χ1n) is 3.94. The molecule has 15 heavy (non-hydrogen) atoms. The lowest BCUT2D eigenvalue weighted by atomic mass is 10.1. The van der Waals surface area contributed by atoms with Gasteiger partial charge in [0.25, 0.3) is 0 Å². The molecular formula is C10H7ClO4. The van der Waals surface area contributed by atoms with Gasteiger partial charge in [0, 0.05) is 11.1 Å². The standard InChI is InChI=1S/C10H7ClO4/c11-6-1-2-8(12)7(5-6)9(13)3-4-10(14)15/h1-5,12H,(H,14,15)/b4-3+. The summed E-state index contributed by atoms with van der Waals surface area (Å²) in [6.45, 7) is 0. The normalized spacial score (nSPS) is 10.5. The summed E-state index contributed by atoms with van der Waals surface area (Å²) in [6, 6.07) is 3.96. The van der Waals surface area contributed by atoms with Crippen molar-refractivity contribution >= 4 is 23.4 Å². The van der Waals surface area contributed by atoms with E-state index in [9.17, 15) is 14.7 Å². The van der Waals surface area contributed by atoms with E-state index in [0.717, 1.165) is 6.08 Å². The molecule has 0 amide bonds. The maximum atomic E-state index is 11.4. The Balaban J connectivity index is 3.01. The molecule has 0 unspecified atom stereocenters. The molecule has 1 aromatic carbocycles. The smallest absolute Gasteiger partial charge is 0.328 e. The second-order valence-corrected chi connectivity index (χ2v) is 3.13. The monoisotopic (exact) mass is 226 g/mol. The Hall–Kier alpha value is -1.81. The van der Waals surface area contributed by atoms with Crippen LogP contribution in [0.4, 0.5) is 0 Å². The molecule has 0 spiro atoms. The summed E-state index contributed by atoms with van der Waals surface area (Å²) in [5.41, 5.74) is -0.0278. The lowest BCUT2D eigenvalue weighted by Crippen LogP contribution is -1.97. The van der Waals surface area contributed by atoms with Crippen LogP contribution in [0.5, 0.6) is 5.75 Å². The first-order chi connectivity index (χ1) is 7.00. The molecule has 0 aromatic heterocycles. The van der Waals surface area contributed by atoms with E-state index >= 15 is 0 Å². The highest BCUT2D eigenvalue weighted by Gasteiger charge is 2.08. The number of aliphatic carboxylic acids is 1. The van der Waals surface area contributed by atoms with E-state index in [1.807, 2.05) is 0 Å². The average Bonchev–Trinajstić information content (AvgIpc) is 2.18. The number of carbonyl (C=O) groups is 2. The number of carboxylic acids is 1. The van der Waals surface area contributed by atoms with Gasteiger partial charge in [-0.25, -0.2) is 4.79 Å². The Labute approximate surface area is 90.4 Å². The zero-order valence-corrected chi connectivity index (χ0v) is 8.23. The Morgan fingerprint density at radius 1 is 1.27 bits per heavy atom. The molecule has 0 aliphatic carbocycles. The van der Waals surface area contributed by atoms with Crippen LogP contribution in [0.25, 0.3) is 0 Å². The van der Waals surface area contributed by atoms with E-state index in [1.54, 1.807) is 0 Å². The van der Waals surface area contributed by atoms with Gasteiger partial charge in [0.1, 0.15) is 5.75 Å². The minimum Gasteiger partial charge on any atom is -0.507 e. The third-order valence-electron chi connectivity index (χ3n) is 1.60. The summed E-state index contributed by atoms with van der Waals surface area (Å²) in [4.78, 5) is 21.5. The Bertz CT molecular complexity index is 437. The SMILES string of the molecule is O=C(O)/C=C/C(=O)c1cc(Cl)ccc1O. The summed E-state index contributed by atoms with van der Waals surface area (Å²) in [6.07, 6.45) is 1.55. The largest absolute Gasteiger partial charge is 0.507 e. The number of phenols is 1. The number of hydrogen-bond donors (Lipinski definition) is 2. The van der Waals surface area contributed by atoms with Gasteiger partial charge in [-0.15, -0.1) is 0 Å². The highest BCUT2D eigenvalue weighted by atomic mass is 35.5. The fourth-order valence-corrected chi connectivity index (χ4v) is 1.11. The minimum absolute atomic E-state index is 0.0278. The summed E-state index contributed by atoms with van der Waals surface area (Å²) in [5.74, 6) is -2.08. The van der Waals surface area contributed by atoms with Gasteiger partial charge in [-0.2, -0.15) is 0 Å². The number of phenolic OH excluding ortho intramolecular Hbond substituents is 1. The van der Waals surface area contributed by atoms with Gasteiger partial charge in [0.2, 0.25) is 0 Å².